The van der Waals surface area contributed by atoms with E-state index in [9.17, 15) is 9.59 Å². The molecule has 0 aliphatic carbocycles. The first-order valence-corrected chi connectivity index (χ1v) is 9.96. The molecule has 0 radical (unpaired) electrons. The lowest BCUT2D eigenvalue weighted by Crippen LogP contribution is -2.26. The Balaban J connectivity index is 1.67. The highest BCUT2D eigenvalue weighted by molar-refractivity contribution is 8.19. The van der Waals surface area contributed by atoms with Gasteiger partial charge in [-0.05, 0) is 30.7 Å². The van der Waals surface area contributed by atoms with Crippen LogP contribution in [0.4, 0.5) is 0 Å². The van der Waals surface area contributed by atoms with Crippen LogP contribution >= 0.6 is 23.5 Å². The van der Waals surface area contributed by atoms with Crippen LogP contribution in [0.2, 0.25) is 0 Å². The van der Waals surface area contributed by atoms with Crippen molar-refractivity contribution in [3.05, 3.63) is 58.5 Å². The Morgan fingerprint density at radius 3 is 2.44 bits per heavy atom. The van der Waals surface area contributed by atoms with Gasteiger partial charge < -0.3 is 14.4 Å². The third kappa shape index (κ3) is 4.04. The molecule has 7 heteroatoms. The number of amides is 1. The fraction of sp³-hybridized carbons (Fsp3) is 0.333. The number of aryl methyl sites for hydroxylation is 1. The number of carbonyl (C=O) groups excluding carboxylic acids is 1. The average molecular weight is 377 g/mol. The van der Waals surface area contributed by atoms with Crippen LogP contribution in [0.1, 0.15) is 42.4 Å². The van der Waals surface area contributed by atoms with Crippen LogP contribution in [0.5, 0.6) is 0 Å². The predicted molar refractivity (Wildman–Crippen MR) is 100 cm³/mol. The largest absolute Gasteiger partial charge is 0.478 e. The molecule has 0 spiro atoms. The summed E-state index contributed by atoms with van der Waals surface area (Å²) in [5.74, 6) is 1.99. The van der Waals surface area contributed by atoms with E-state index in [2.05, 4.69) is 0 Å². The first-order chi connectivity index (χ1) is 12.0. The summed E-state index contributed by atoms with van der Waals surface area (Å²) in [6, 6.07) is 9.19. The van der Waals surface area contributed by atoms with Crippen LogP contribution < -0.4 is 0 Å². The van der Waals surface area contributed by atoms with Crippen LogP contribution in [-0.4, -0.2) is 40.4 Å². The summed E-state index contributed by atoms with van der Waals surface area (Å²) >= 11 is 3.86. The highest BCUT2D eigenvalue weighted by atomic mass is 32.2. The van der Waals surface area contributed by atoms with Gasteiger partial charge in [0.25, 0.3) is 5.91 Å². The van der Waals surface area contributed by atoms with E-state index in [0.717, 1.165) is 0 Å². The van der Waals surface area contributed by atoms with Gasteiger partial charge in [0.1, 0.15) is 17.1 Å². The molecular weight excluding hydrogens is 358 g/mol. The lowest BCUT2D eigenvalue weighted by atomic mass is 10.1. The minimum atomic E-state index is -1.03. The van der Waals surface area contributed by atoms with E-state index in [1.54, 1.807) is 14.0 Å². The molecule has 2 aromatic rings. The summed E-state index contributed by atoms with van der Waals surface area (Å²) in [5.41, 5.74) is 1.98. The third-order valence-corrected chi connectivity index (χ3v) is 7.09. The van der Waals surface area contributed by atoms with E-state index in [1.165, 1.54) is 28.0 Å². The fourth-order valence-electron chi connectivity index (χ4n) is 2.69. The van der Waals surface area contributed by atoms with Gasteiger partial charge in [-0.1, -0.05) is 12.1 Å². The highest BCUT2D eigenvalue weighted by Crippen LogP contribution is 2.45. The van der Waals surface area contributed by atoms with Gasteiger partial charge >= 0.3 is 5.97 Å². The van der Waals surface area contributed by atoms with Crippen molar-refractivity contribution in [1.82, 2.24) is 4.90 Å². The van der Waals surface area contributed by atoms with E-state index in [1.807, 2.05) is 47.8 Å². The number of thioether (sulfide) groups is 2. The van der Waals surface area contributed by atoms with Crippen LogP contribution in [0.15, 0.2) is 34.7 Å². The van der Waals surface area contributed by atoms with Crippen molar-refractivity contribution in [3.63, 3.8) is 0 Å². The molecule has 1 aliphatic heterocycles. The van der Waals surface area contributed by atoms with Crippen LogP contribution in [0, 0.1) is 6.92 Å². The van der Waals surface area contributed by atoms with Crippen molar-refractivity contribution < 1.29 is 19.1 Å². The highest BCUT2D eigenvalue weighted by Gasteiger charge is 2.20. The molecule has 0 atom stereocenters. The number of hydrogen-bond donors (Lipinski definition) is 1. The summed E-state index contributed by atoms with van der Waals surface area (Å²) in [5, 5.41) is 9.07. The molecule has 5 nitrogen and oxygen atoms in total. The molecule has 132 valence electrons. The van der Waals surface area contributed by atoms with Gasteiger partial charge in [-0.3, -0.25) is 4.79 Å². The molecular formula is C18H19NO4S2. The zero-order chi connectivity index (χ0) is 18.0. The van der Waals surface area contributed by atoms with Gasteiger partial charge in [-0.2, -0.15) is 0 Å². The summed E-state index contributed by atoms with van der Waals surface area (Å²) in [7, 11) is 1.68. The van der Waals surface area contributed by atoms with Gasteiger partial charge in [-0.25, -0.2) is 4.79 Å². The second-order valence-corrected chi connectivity index (χ2v) is 8.57. The average Bonchev–Trinajstić information content (AvgIpc) is 3.24. The number of hydrogen-bond acceptors (Lipinski definition) is 5. The second-order valence-electron chi connectivity index (χ2n) is 5.84. The molecule has 1 fully saturated rings. The molecule has 0 saturated carbocycles. The number of carbonyl (C=O) groups is 2. The number of nitrogens with zero attached hydrogens (tertiary/aromatic N) is 1. The molecule has 25 heavy (non-hydrogen) atoms. The van der Waals surface area contributed by atoms with Crippen molar-refractivity contribution in [2.75, 3.05) is 18.6 Å². The Morgan fingerprint density at radius 1 is 1.24 bits per heavy atom. The summed E-state index contributed by atoms with van der Waals surface area (Å²) in [6.07, 6.45) is 0. The van der Waals surface area contributed by atoms with Crippen molar-refractivity contribution in [2.24, 2.45) is 0 Å². The van der Waals surface area contributed by atoms with Crippen LogP contribution in [-0.2, 0) is 6.54 Å². The number of carboxylic acid groups (broad SMARTS) is 1. The Labute approximate surface area is 154 Å². The van der Waals surface area contributed by atoms with Crippen LogP contribution in [0.3, 0.4) is 0 Å². The Hall–Kier alpha value is -1.86. The molecule has 1 aromatic carbocycles. The SMILES string of the molecule is Cc1oc(CN(C)C(=O)c2ccc(C3SCCS3)cc2)cc1C(=O)O. The van der Waals surface area contributed by atoms with Crippen molar-refractivity contribution in [3.8, 4) is 0 Å². The minimum Gasteiger partial charge on any atom is -0.478 e. The summed E-state index contributed by atoms with van der Waals surface area (Å²) in [6.45, 7) is 1.83. The van der Waals surface area contributed by atoms with Crippen molar-refractivity contribution >= 4 is 35.4 Å². The molecule has 1 amide bonds. The lowest BCUT2D eigenvalue weighted by molar-refractivity contribution is 0.0694. The zero-order valence-corrected chi connectivity index (χ0v) is 15.7. The third-order valence-electron chi connectivity index (χ3n) is 3.99. The van der Waals surface area contributed by atoms with Gasteiger partial charge in [0.15, 0.2) is 0 Å². The first kappa shape index (κ1) is 17.9. The predicted octanol–water partition coefficient (Wildman–Crippen LogP) is 4.04. The van der Waals surface area contributed by atoms with E-state index in [-0.39, 0.29) is 18.0 Å². The van der Waals surface area contributed by atoms with Crippen LogP contribution in [0.25, 0.3) is 0 Å². The minimum absolute atomic E-state index is 0.121. The number of rotatable bonds is 5. The Kier molecular flexibility index (Phi) is 5.44. The van der Waals surface area contributed by atoms with Crippen molar-refractivity contribution in [1.29, 1.82) is 0 Å². The maximum Gasteiger partial charge on any atom is 0.339 e. The number of aromatic carboxylic acids is 1. The summed E-state index contributed by atoms with van der Waals surface area (Å²) < 4.78 is 5.90. The number of benzene rings is 1. The monoisotopic (exact) mass is 377 g/mol. The molecule has 1 aliphatic rings. The van der Waals surface area contributed by atoms with Gasteiger partial charge in [0, 0.05) is 24.1 Å². The van der Waals surface area contributed by atoms with E-state index in [0.29, 0.717) is 21.7 Å². The fourth-order valence-corrected chi connectivity index (χ4v) is 5.55. The maximum atomic E-state index is 12.6. The molecule has 1 N–H and O–H groups in total. The molecule has 1 saturated heterocycles. The van der Waals surface area contributed by atoms with E-state index < -0.39 is 5.97 Å². The number of carboxylic acids is 1. The molecule has 0 unspecified atom stereocenters. The van der Waals surface area contributed by atoms with E-state index >= 15 is 0 Å². The second kappa shape index (κ2) is 7.58. The van der Waals surface area contributed by atoms with Gasteiger partial charge in [0.05, 0.1) is 11.1 Å². The zero-order valence-electron chi connectivity index (χ0n) is 14.0. The lowest BCUT2D eigenvalue weighted by Gasteiger charge is -2.16. The molecule has 0 bridgehead atoms. The first-order valence-electron chi connectivity index (χ1n) is 7.87. The Morgan fingerprint density at radius 2 is 1.88 bits per heavy atom. The van der Waals surface area contributed by atoms with Gasteiger partial charge in [0.2, 0.25) is 0 Å². The van der Waals surface area contributed by atoms with Crippen molar-refractivity contribution in [2.45, 2.75) is 18.1 Å². The standard InChI is InChI=1S/C18H19NO4S2/c1-11-15(17(21)22)9-14(23-11)10-19(2)16(20)12-3-5-13(6-4-12)18-24-7-8-25-18/h3-6,9,18H,7-8,10H2,1-2H3,(H,21,22). The summed E-state index contributed by atoms with van der Waals surface area (Å²) in [4.78, 5) is 25.2. The normalized spacial score (nSPS) is 14.6. The van der Waals surface area contributed by atoms with Gasteiger partial charge in [-0.15, -0.1) is 23.5 Å². The molecule has 2 heterocycles. The quantitative estimate of drug-likeness (QED) is 0.848. The smallest absolute Gasteiger partial charge is 0.339 e. The Bertz CT molecular complexity index is 779. The van der Waals surface area contributed by atoms with E-state index in [4.69, 9.17) is 9.52 Å². The molecule has 1 aromatic heterocycles. The molecule has 3 rings (SSSR count). The maximum absolute atomic E-state index is 12.6. The number of furan rings is 1. The topological polar surface area (TPSA) is 70.8 Å².